The second kappa shape index (κ2) is 8.93. The Hall–Kier alpha value is -5.65. The largest absolute Gasteiger partial charge is 0.260 e. The third kappa shape index (κ3) is 3.19. The maximum absolute atomic E-state index is 5.39. The van der Waals surface area contributed by atoms with Crippen molar-refractivity contribution < 1.29 is 0 Å². The third-order valence-corrected chi connectivity index (χ3v) is 10.0. The summed E-state index contributed by atoms with van der Waals surface area (Å²) in [5.41, 5.74) is 4.87. The van der Waals surface area contributed by atoms with Crippen LogP contribution in [0.5, 0.6) is 0 Å². The van der Waals surface area contributed by atoms with E-state index in [2.05, 4.69) is 120 Å². The maximum Gasteiger partial charge on any atom is 0.237 e. The summed E-state index contributed by atoms with van der Waals surface area (Å²) in [6.45, 7) is 0. The molecule has 0 saturated heterocycles. The van der Waals surface area contributed by atoms with Crippen LogP contribution >= 0.6 is 11.3 Å². The smallest absolute Gasteiger partial charge is 0.237 e. The molecule has 5 heteroatoms. The fourth-order valence-electron chi connectivity index (χ4n) is 6.96. The standard InChI is InChI=1S/C39H22N4S/c1-2-12-24(13-3-1)34-30-21-20-23-11-4-5-14-25(23)35(30)42-39(41-34)43-36-32(29-18-10-22-40-38(29)43)26-15-6-7-16-27(26)33-28-17-8-9-19-31(28)44-37(33)36/h1-22H. The molecule has 0 aliphatic rings. The first kappa shape index (κ1) is 23.9. The van der Waals surface area contributed by atoms with Crippen LogP contribution in [0.4, 0.5) is 0 Å². The summed E-state index contributed by atoms with van der Waals surface area (Å²) in [5, 5.41) is 10.6. The molecule has 10 rings (SSSR count). The van der Waals surface area contributed by atoms with Crippen LogP contribution in [0.15, 0.2) is 134 Å². The van der Waals surface area contributed by atoms with Crippen molar-refractivity contribution in [2.24, 2.45) is 0 Å². The molecular weight excluding hydrogens is 557 g/mol. The monoisotopic (exact) mass is 578 g/mol. The van der Waals surface area contributed by atoms with Gasteiger partial charge < -0.3 is 0 Å². The first-order valence-corrected chi connectivity index (χ1v) is 15.5. The lowest BCUT2D eigenvalue weighted by Gasteiger charge is -2.13. The van der Waals surface area contributed by atoms with Crippen molar-refractivity contribution in [3.63, 3.8) is 0 Å². The van der Waals surface area contributed by atoms with Gasteiger partial charge >= 0.3 is 0 Å². The zero-order chi connectivity index (χ0) is 28.8. The number of benzene rings is 6. The van der Waals surface area contributed by atoms with Crippen LogP contribution in [0.1, 0.15) is 0 Å². The SMILES string of the molecule is c1ccc(-c2nc(-n3c4ncccc4c4c5ccccc5c5c6ccccc6sc5c43)nc3c2ccc2ccccc23)cc1. The van der Waals surface area contributed by atoms with Crippen LogP contribution in [0.3, 0.4) is 0 Å². The lowest BCUT2D eigenvalue weighted by molar-refractivity contribution is 1.00. The first-order valence-electron chi connectivity index (χ1n) is 14.7. The van der Waals surface area contributed by atoms with E-state index in [4.69, 9.17) is 15.0 Å². The second-order valence-electron chi connectivity index (χ2n) is 11.2. The van der Waals surface area contributed by atoms with Crippen molar-refractivity contribution in [2.45, 2.75) is 0 Å². The predicted molar refractivity (Wildman–Crippen MR) is 185 cm³/mol. The molecule has 4 nitrogen and oxygen atoms in total. The van der Waals surface area contributed by atoms with Gasteiger partial charge in [0.25, 0.3) is 0 Å². The molecule has 10 aromatic rings. The molecule has 0 spiro atoms. The van der Waals surface area contributed by atoms with E-state index in [-0.39, 0.29) is 0 Å². The Morgan fingerprint density at radius 3 is 2.09 bits per heavy atom. The summed E-state index contributed by atoms with van der Waals surface area (Å²) < 4.78 is 4.70. The van der Waals surface area contributed by atoms with Gasteiger partial charge in [0.2, 0.25) is 5.95 Å². The van der Waals surface area contributed by atoms with E-state index in [0.717, 1.165) is 49.5 Å². The molecule has 204 valence electrons. The Kier molecular flexibility index (Phi) is 4.84. The minimum atomic E-state index is 0.625. The Labute approximate surface area is 255 Å². The molecule has 4 heterocycles. The molecule has 0 saturated carbocycles. The third-order valence-electron chi connectivity index (χ3n) is 8.83. The quantitative estimate of drug-likeness (QED) is 0.192. The van der Waals surface area contributed by atoms with Gasteiger partial charge in [0, 0.05) is 48.8 Å². The molecule has 0 aliphatic carbocycles. The van der Waals surface area contributed by atoms with Gasteiger partial charge in [-0.15, -0.1) is 11.3 Å². The number of rotatable bonds is 2. The van der Waals surface area contributed by atoms with E-state index >= 15 is 0 Å². The Balaban J connectivity index is 1.47. The van der Waals surface area contributed by atoms with Crippen LogP contribution in [-0.2, 0) is 0 Å². The highest BCUT2D eigenvalue weighted by Crippen LogP contribution is 2.47. The van der Waals surface area contributed by atoms with Gasteiger partial charge in [-0.25, -0.2) is 15.0 Å². The summed E-state index contributed by atoms with van der Waals surface area (Å²) in [4.78, 5) is 15.8. The van der Waals surface area contributed by atoms with E-state index in [1.54, 1.807) is 0 Å². The van der Waals surface area contributed by atoms with Crippen molar-refractivity contribution >= 4 is 85.9 Å². The zero-order valence-electron chi connectivity index (χ0n) is 23.4. The number of hydrogen-bond acceptors (Lipinski definition) is 4. The van der Waals surface area contributed by atoms with Crippen molar-refractivity contribution in [3.8, 4) is 17.2 Å². The zero-order valence-corrected chi connectivity index (χ0v) is 24.2. The van der Waals surface area contributed by atoms with Crippen molar-refractivity contribution in [2.75, 3.05) is 0 Å². The highest BCUT2D eigenvalue weighted by atomic mass is 32.1. The van der Waals surface area contributed by atoms with Crippen LogP contribution in [0, 0.1) is 0 Å². The summed E-state index contributed by atoms with van der Waals surface area (Å²) in [6.07, 6.45) is 1.87. The minimum Gasteiger partial charge on any atom is -0.260 e. The summed E-state index contributed by atoms with van der Waals surface area (Å²) in [5.74, 6) is 0.625. The lowest BCUT2D eigenvalue weighted by atomic mass is 9.99. The Morgan fingerprint density at radius 1 is 0.523 bits per heavy atom. The number of fused-ring (bicyclic) bond motifs is 13. The van der Waals surface area contributed by atoms with Gasteiger partial charge in [-0.2, -0.15) is 0 Å². The van der Waals surface area contributed by atoms with E-state index in [1.165, 1.54) is 36.3 Å². The van der Waals surface area contributed by atoms with Crippen LogP contribution in [-0.4, -0.2) is 19.5 Å². The first-order chi connectivity index (χ1) is 21.8. The van der Waals surface area contributed by atoms with Crippen LogP contribution in [0.2, 0.25) is 0 Å². The molecule has 4 aromatic heterocycles. The number of aromatic nitrogens is 4. The van der Waals surface area contributed by atoms with Gasteiger partial charge in [0.05, 0.1) is 21.4 Å². The molecule has 0 amide bonds. The van der Waals surface area contributed by atoms with E-state index in [1.807, 2.05) is 29.7 Å². The minimum absolute atomic E-state index is 0.625. The van der Waals surface area contributed by atoms with Crippen LogP contribution < -0.4 is 0 Å². The topological polar surface area (TPSA) is 43.6 Å². The fourth-order valence-corrected chi connectivity index (χ4v) is 8.22. The fraction of sp³-hybridized carbons (Fsp3) is 0. The van der Waals surface area contributed by atoms with Gasteiger partial charge in [-0.3, -0.25) is 4.57 Å². The van der Waals surface area contributed by atoms with Crippen molar-refractivity contribution in [1.29, 1.82) is 0 Å². The highest BCUT2D eigenvalue weighted by Gasteiger charge is 2.24. The number of nitrogens with zero attached hydrogens (tertiary/aromatic N) is 4. The highest BCUT2D eigenvalue weighted by molar-refractivity contribution is 7.27. The van der Waals surface area contributed by atoms with Crippen molar-refractivity contribution in [3.05, 3.63) is 134 Å². The van der Waals surface area contributed by atoms with Crippen molar-refractivity contribution in [1.82, 2.24) is 19.5 Å². The van der Waals surface area contributed by atoms with Crippen LogP contribution in [0.25, 0.3) is 91.8 Å². The lowest BCUT2D eigenvalue weighted by Crippen LogP contribution is -2.04. The summed E-state index contributed by atoms with van der Waals surface area (Å²) in [7, 11) is 0. The molecule has 0 radical (unpaired) electrons. The van der Waals surface area contributed by atoms with E-state index in [9.17, 15) is 0 Å². The molecule has 0 bridgehead atoms. The maximum atomic E-state index is 5.39. The number of hydrogen-bond donors (Lipinski definition) is 0. The Morgan fingerprint density at radius 2 is 1.23 bits per heavy atom. The average molecular weight is 579 g/mol. The molecular formula is C39H22N4S. The van der Waals surface area contributed by atoms with E-state index < -0.39 is 0 Å². The van der Waals surface area contributed by atoms with E-state index in [0.29, 0.717) is 5.95 Å². The molecule has 0 atom stereocenters. The molecule has 44 heavy (non-hydrogen) atoms. The Bertz CT molecular complexity index is 2780. The number of pyridine rings is 1. The second-order valence-corrected chi connectivity index (χ2v) is 12.3. The molecule has 0 fully saturated rings. The summed E-state index contributed by atoms with van der Waals surface area (Å²) >= 11 is 1.83. The molecule has 0 aliphatic heterocycles. The van der Waals surface area contributed by atoms with Gasteiger partial charge in [-0.05, 0) is 40.4 Å². The van der Waals surface area contributed by atoms with Gasteiger partial charge in [0.15, 0.2) is 0 Å². The summed E-state index contributed by atoms with van der Waals surface area (Å²) in [6, 6.07) is 44.9. The average Bonchev–Trinajstić information content (AvgIpc) is 3.65. The molecule has 0 N–H and O–H groups in total. The van der Waals surface area contributed by atoms with Gasteiger partial charge in [0.1, 0.15) is 5.65 Å². The molecule has 6 aromatic carbocycles. The predicted octanol–water partition coefficient (Wildman–Crippen LogP) is 10.5. The number of thiophene rings is 1. The normalized spacial score (nSPS) is 12.1. The van der Waals surface area contributed by atoms with Gasteiger partial charge in [-0.1, -0.05) is 103 Å². The molecule has 0 unspecified atom stereocenters.